The summed E-state index contributed by atoms with van der Waals surface area (Å²) in [6, 6.07) is 7.71. The monoisotopic (exact) mass is 443 g/mol. The SMILES string of the molecule is CCCCNC(=O)NS(=O)(=O)c1ccc(NC(=O)c2ccc(Br)o2)cc1. The average molecular weight is 444 g/mol. The summed E-state index contributed by atoms with van der Waals surface area (Å²) >= 11 is 3.10. The molecule has 0 aliphatic rings. The predicted octanol–water partition coefficient (Wildman–Crippen LogP) is 3.08. The maximum absolute atomic E-state index is 12.2. The van der Waals surface area contributed by atoms with Gasteiger partial charge in [0.2, 0.25) is 0 Å². The number of halogens is 1. The fraction of sp³-hybridized carbons (Fsp3) is 0.250. The van der Waals surface area contributed by atoms with Gasteiger partial charge in [0.25, 0.3) is 15.9 Å². The first-order chi connectivity index (χ1) is 12.3. The van der Waals surface area contributed by atoms with Crippen molar-refractivity contribution >= 4 is 43.6 Å². The molecule has 0 aliphatic heterocycles. The zero-order valence-electron chi connectivity index (χ0n) is 13.9. The van der Waals surface area contributed by atoms with Crippen LogP contribution in [0, 0.1) is 0 Å². The summed E-state index contributed by atoms with van der Waals surface area (Å²) < 4.78 is 31.8. The van der Waals surface area contributed by atoms with E-state index in [1.807, 2.05) is 11.6 Å². The molecule has 0 aliphatic carbocycles. The van der Waals surface area contributed by atoms with Crippen LogP contribution in [0.3, 0.4) is 0 Å². The molecule has 0 atom stereocenters. The standard InChI is InChI=1S/C16H18BrN3O5S/c1-2-3-10-18-16(22)20-26(23,24)12-6-4-11(5-7-12)19-15(21)13-8-9-14(17)25-13/h4-9H,2-3,10H2,1H3,(H,19,21)(H2,18,20,22). The summed E-state index contributed by atoms with van der Waals surface area (Å²) in [6.45, 7) is 2.35. The summed E-state index contributed by atoms with van der Waals surface area (Å²) in [7, 11) is -3.99. The maximum atomic E-state index is 12.2. The molecule has 26 heavy (non-hydrogen) atoms. The molecule has 8 nitrogen and oxygen atoms in total. The first-order valence-electron chi connectivity index (χ1n) is 7.79. The summed E-state index contributed by atoms with van der Waals surface area (Å²) in [5.74, 6) is -0.362. The van der Waals surface area contributed by atoms with Crippen LogP contribution in [-0.4, -0.2) is 26.9 Å². The fourth-order valence-electron chi connectivity index (χ4n) is 1.94. The van der Waals surface area contributed by atoms with Gasteiger partial charge in [0, 0.05) is 12.2 Å². The Kier molecular flexibility index (Phi) is 6.81. The number of sulfonamides is 1. The van der Waals surface area contributed by atoms with E-state index in [1.165, 1.54) is 30.3 Å². The third kappa shape index (κ3) is 5.60. The Morgan fingerprint density at radius 2 is 1.81 bits per heavy atom. The number of urea groups is 1. The minimum atomic E-state index is -3.99. The second kappa shape index (κ2) is 8.86. The van der Waals surface area contributed by atoms with E-state index in [4.69, 9.17) is 4.42 Å². The van der Waals surface area contributed by atoms with E-state index in [1.54, 1.807) is 6.07 Å². The lowest BCUT2D eigenvalue weighted by Gasteiger charge is -2.09. The molecule has 2 aromatic rings. The number of anilines is 1. The lowest BCUT2D eigenvalue weighted by molar-refractivity contribution is 0.0995. The molecule has 140 valence electrons. The molecule has 10 heteroatoms. The quantitative estimate of drug-likeness (QED) is 0.568. The van der Waals surface area contributed by atoms with Gasteiger partial charge in [0.1, 0.15) is 0 Å². The Hall–Kier alpha value is -2.33. The number of nitrogens with one attached hydrogen (secondary N) is 3. The number of hydrogen-bond acceptors (Lipinski definition) is 5. The van der Waals surface area contributed by atoms with Crippen molar-refractivity contribution in [2.75, 3.05) is 11.9 Å². The van der Waals surface area contributed by atoms with Gasteiger partial charge in [-0.1, -0.05) is 13.3 Å². The molecule has 1 aromatic heterocycles. The lowest BCUT2D eigenvalue weighted by atomic mass is 10.3. The number of carbonyl (C=O) groups excluding carboxylic acids is 2. The molecule has 0 bridgehead atoms. The highest BCUT2D eigenvalue weighted by atomic mass is 79.9. The third-order valence-corrected chi connectivity index (χ3v) is 5.04. The van der Waals surface area contributed by atoms with Gasteiger partial charge < -0.3 is 15.1 Å². The highest BCUT2D eigenvalue weighted by molar-refractivity contribution is 9.10. The van der Waals surface area contributed by atoms with Crippen molar-refractivity contribution in [1.29, 1.82) is 0 Å². The number of unbranched alkanes of at least 4 members (excludes halogenated alkanes) is 1. The van der Waals surface area contributed by atoms with Crippen LogP contribution in [-0.2, 0) is 10.0 Å². The van der Waals surface area contributed by atoms with Gasteiger partial charge in [-0.2, -0.15) is 0 Å². The van der Waals surface area contributed by atoms with E-state index < -0.39 is 22.0 Å². The van der Waals surface area contributed by atoms with Crippen molar-refractivity contribution in [3.8, 4) is 0 Å². The highest BCUT2D eigenvalue weighted by Crippen LogP contribution is 2.17. The van der Waals surface area contributed by atoms with Crippen LogP contribution in [0.2, 0.25) is 0 Å². The average Bonchev–Trinajstić information content (AvgIpc) is 3.02. The molecule has 1 aromatic carbocycles. The zero-order chi connectivity index (χ0) is 19.2. The Labute approximate surface area is 159 Å². The molecule has 1 heterocycles. The molecule has 2 rings (SSSR count). The number of hydrogen-bond donors (Lipinski definition) is 3. The van der Waals surface area contributed by atoms with Crippen LogP contribution < -0.4 is 15.4 Å². The van der Waals surface area contributed by atoms with Crippen LogP contribution in [0.5, 0.6) is 0 Å². The number of rotatable bonds is 7. The van der Waals surface area contributed by atoms with E-state index in [9.17, 15) is 18.0 Å². The number of benzene rings is 1. The van der Waals surface area contributed by atoms with Crippen LogP contribution in [0.4, 0.5) is 10.5 Å². The van der Waals surface area contributed by atoms with Gasteiger partial charge in [-0.3, -0.25) is 4.79 Å². The van der Waals surface area contributed by atoms with Crippen LogP contribution >= 0.6 is 15.9 Å². The lowest BCUT2D eigenvalue weighted by Crippen LogP contribution is -2.39. The first kappa shape index (κ1) is 20.0. The second-order valence-electron chi connectivity index (χ2n) is 5.30. The van der Waals surface area contributed by atoms with Gasteiger partial charge in [-0.25, -0.2) is 17.9 Å². The van der Waals surface area contributed by atoms with Crippen molar-refractivity contribution in [3.63, 3.8) is 0 Å². The van der Waals surface area contributed by atoms with Gasteiger partial charge in [0.05, 0.1) is 4.90 Å². The van der Waals surface area contributed by atoms with E-state index in [0.29, 0.717) is 16.9 Å². The van der Waals surface area contributed by atoms with E-state index in [-0.39, 0.29) is 10.7 Å². The van der Waals surface area contributed by atoms with Gasteiger partial charge >= 0.3 is 6.03 Å². The van der Waals surface area contributed by atoms with Crippen LogP contribution in [0.1, 0.15) is 30.3 Å². The first-order valence-corrected chi connectivity index (χ1v) is 10.1. The zero-order valence-corrected chi connectivity index (χ0v) is 16.3. The van der Waals surface area contributed by atoms with Crippen molar-refractivity contribution in [2.24, 2.45) is 0 Å². The summed E-state index contributed by atoms with van der Waals surface area (Å²) in [5, 5.41) is 5.04. The normalized spacial score (nSPS) is 11.0. The van der Waals surface area contributed by atoms with Crippen molar-refractivity contribution in [3.05, 3.63) is 46.8 Å². The Morgan fingerprint density at radius 3 is 2.38 bits per heavy atom. The predicted molar refractivity (Wildman–Crippen MR) is 99.4 cm³/mol. The van der Waals surface area contributed by atoms with E-state index in [0.717, 1.165) is 12.8 Å². The third-order valence-electron chi connectivity index (χ3n) is 3.26. The highest BCUT2D eigenvalue weighted by Gasteiger charge is 2.17. The summed E-state index contributed by atoms with van der Waals surface area (Å²) in [6.07, 6.45) is 1.64. The van der Waals surface area contributed by atoms with Gasteiger partial charge in [0.15, 0.2) is 10.4 Å². The van der Waals surface area contributed by atoms with Gasteiger partial charge in [-0.05, 0) is 58.7 Å². The molecule has 0 fully saturated rings. The van der Waals surface area contributed by atoms with Crippen molar-refractivity contribution in [1.82, 2.24) is 10.0 Å². The number of furan rings is 1. The largest absolute Gasteiger partial charge is 0.444 e. The van der Waals surface area contributed by atoms with Crippen molar-refractivity contribution < 1.29 is 22.4 Å². The van der Waals surface area contributed by atoms with Gasteiger partial charge in [-0.15, -0.1) is 0 Å². The molecule has 0 saturated carbocycles. The fourth-order valence-corrected chi connectivity index (χ4v) is 3.18. The molecule has 0 radical (unpaired) electrons. The molecule has 3 amide bonds. The molecule has 3 N–H and O–H groups in total. The minimum Gasteiger partial charge on any atom is -0.444 e. The maximum Gasteiger partial charge on any atom is 0.328 e. The van der Waals surface area contributed by atoms with E-state index in [2.05, 4.69) is 26.6 Å². The Balaban J connectivity index is 1.99. The van der Waals surface area contributed by atoms with Crippen molar-refractivity contribution in [2.45, 2.75) is 24.7 Å². The topological polar surface area (TPSA) is 118 Å². The molecular weight excluding hydrogens is 426 g/mol. The summed E-state index contributed by atoms with van der Waals surface area (Å²) in [5.41, 5.74) is 0.383. The number of amides is 3. The summed E-state index contributed by atoms with van der Waals surface area (Å²) in [4.78, 5) is 23.5. The van der Waals surface area contributed by atoms with Crippen LogP contribution in [0.25, 0.3) is 0 Å². The smallest absolute Gasteiger partial charge is 0.328 e. The number of carbonyl (C=O) groups is 2. The minimum absolute atomic E-state index is 0.0955. The molecule has 0 spiro atoms. The Morgan fingerprint density at radius 1 is 1.12 bits per heavy atom. The van der Waals surface area contributed by atoms with Crippen LogP contribution in [0.15, 0.2) is 50.4 Å². The van der Waals surface area contributed by atoms with E-state index >= 15 is 0 Å². The second-order valence-corrected chi connectivity index (χ2v) is 7.76. The molecule has 0 unspecified atom stereocenters. The molecular formula is C16H18BrN3O5S. The molecule has 0 saturated heterocycles. The Bertz CT molecular complexity index is 878.